The van der Waals surface area contributed by atoms with E-state index in [0.717, 1.165) is 17.9 Å². The number of Topliss-reactive ketones (excluding diaryl/α,β-unsaturated/α-hetero) is 1. The molecule has 0 amide bonds. The molecule has 0 heterocycles. The predicted molar refractivity (Wildman–Crippen MR) is 156 cm³/mol. The fraction of sp³-hybridized carbons (Fsp3) is 0.108. The van der Waals surface area contributed by atoms with Crippen molar-refractivity contribution in [2.75, 3.05) is 0 Å². The number of hydrogen-bond donors (Lipinski definition) is 0. The van der Waals surface area contributed by atoms with Crippen LogP contribution in [0.1, 0.15) is 11.1 Å². The number of rotatable bonds is 8. The monoisotopic (exact) mass is 606 g/mol. The van der Waals surface area contributed by atoms with E-state index in [-0.39, 0.29) is 51.8 Å². The standard InChI is InChI=1S/C27H24O.2C5H5.2Fe/c28-26(20-22-13-5-2-6-14-22)27(24-17-9-10-18-24)25(23-15-7-8-16-23)19-21-11-3-1-4-12-21;2*1-2-4-5-3-1;;/h1-18,25,27H,19-20H2;2*1-5H;;/q;;;2*+2. The van der Waals surface area contributed by atoms with E-state index in [9.17, 15) is 4.79 Å². The first-order valence-electron chi connectivity index (χ1n) is 13.2. The van der Waals surface area contributed by atoms with Crippen molar-refractivity contribution in [3.63, 3.8) is 0 Å². The summed E-state index contributed by atoms with van der Waals surface area (Å²) >= 11 is 0. The molecule has 4 aliphatic rings. The fourth-order valence-electron chi connectivity index (χ4n) is 4.72. The molecule has 2 aromatic carbocycles. The summed E-state index contributed by atoms with van der Waals surface area (Å²) in [5.74, 6) is 2.59. The van der Waals surface area contributed by atoms with Gasteiger partial charge in [0.05, 0.1) is 0 Å². The van der Waals surface area contributed by atoms with Crippen molar-refractivity contribution in [2.24, 2.45) is 11.8 Å². The molecule has 20 radical (unpaired) electrons. The first-order chi connectivity index (χ1) is 18.8. The third-order valence-corrected chi connectivity index (χ3v) is 6.54. The van der Waals surface area contributed by atoms with E-state index < -0.39 is 0 Å². The summed E-state index contributed by atoms with van der Waals surface area (Å²) in [5, 5.41) is 0. The Morgan fingerprint density at radius 2 is 0.850 bits per heavy atom. The van der Waals surface area contributed by atoms with E-state index in [1.807, 2.05) is 113 Å². The van der Waals surface area contributed by atoms with Crippen LogP contribution in [0, 0.1) is 139 Å². The smallest absolute Gasteiger partial charge is 0.299 e. The molecule has 0 saturated heterocycles. The Kier molecular flexibility index (Phi) is 18.5. The Morgan fingerprint density at radius 1 is 0.475 bits per heavy atom. The van der Waals surface area contributed by atoms with E-state index in [4.69, 9.17) is 0 Å². The Labute approximate surface area is 267 Å². The molecule has 0 aliphatic heterocycles. The van der Waals surface area contributed by atoms with Gasteiger partial charge in [-0.2, -0.15) is 0 Å². The molecule has 1 nitrogen and oxygen atoms in total. The van der Waals surface area contributed by atoms with Gasteiger partial charge in [-0.05, 0) is 151 Å². The van der Waals surface area contributed by atoms with E-state index in [0.29, 0.717) is 6.42 Å². The Balaban J connectivity index is 0.000000392. The molecule has 3 heteroatoms. The summed E-state index contributed by atoms with van der Waals surface area (Å²) in [6.07, 6.45) is 38.0. The molecule has 2 aromatic rings. The van der Waals surface area contributed by atoms with Gasteiger partial charge in [0.1, 0.15) is 5.78 Å². The molecule has 4 saturated carbocycles. The van der Waals surface area contributed by atoms with Crippen LogP contribution in [0.3, 0.4) is 0 Å². The Bertz CT molecular complexity index is 854. The van der Waals surface area contributed by atoms with E-state index in [1.165, 1.54) is 11.5 Å². The van der Waals surface area contributed by atoms with Crippen molar-refractivity contribution in [3.8, 4) is 0 Å². The molecule has 2 atom stereocenters. The summed E-state index contributed by atoms with van der Waals surface area (Å²) in [7, 11) is 0. The van der Waals surface area contributed by atoms with Gasteiger partial charge in [-0.15, -0.1) is 0 Å². The zero-order chi connectivity index (χ0) is 26.3. The Morgan fingerprint density at radius 3 is 1.27 bits per heavy atom. The van der Waals surface area contributed by atoms with Crippen molar-refractivity contribution >= 4 is 5.78 Å². The minimum atomic E-state index is -0.155. The quantitative estimate of drug-likeness (QED) is 0.293. The Hall–Kier alpha value is -0.851. The molecule has 40 heavy (non-hydrogen) atoms. The molecular weight excluding hydrogens is 572 g/mol. The van der Waals surface area contributed by atoms with Gasteiger partial charge in [-0.3, -0.25) is 4.79 Å². The maximum Gasteiger partial charge on any atom is 2.00 e. The molecule has 6 rings (SSSR count). The van der Waals surface area contributed by atoms with Gasteiger partial charge in [0.15, 0.2) is 0 Å². The number of ketones is 1. The predicted octanol–water partition coefficient (Wildman–Crippen LogP) is 7.12. The normalized spacial score (nSPS) is 20.2. The van der Waals surface area contributed by atoms with Gasteiger partial charge in [0.25, 0.3) is 0 Å². The van der Waals surface area contributed by atoms with Gasteiger partial charge < -0.3 is 0 Å². The topological polar surface area (TPSA) is 17.1 Å². The first kappa shape index (κ1) is 35.3. The van der Waals surface area contributed by atoms with E-state index in [2.05, 4.69) is 62.8 Å². The summed E-state index contributed by atoms with van der Waals surface area (Å²) in [6.45, 7) is 0. The molecular formula is C37H34Fe2O+4. The van der Waals surface area contributed by atoms with Gasteiger partial charge in [0, 0.05) is 12.3 Å². The SMILES string of the molecule is O=C(Cc1ccccc1)C([C]1[CH][CH][CH][CH]1)C(Cc1ccccc1)[C]1[CH][CH][CH][CH]1.[CH]1[CH][CH][CH][CH]1.[CH]1[CH][CH][CH][CH]1.[Fe+2].[Fe+2]. The molecule has 0 N–H and O–H groups in total. The number of carbonyl (C=O) groups is 1. The second-order valence-electron chi connectivity index (χ2n) is 9.26. The van der Waals surface area contributed by atoms with Crippen LogP contribution in [0.15, 0.2) is 60.7 Å². The van der Waals surface area contributed by atoms with Crippen LogP contribution in [0.2, 0.25) is 0 Å². The molecule has 0 bridgehead atoms. The largest absolute Gasteiger partial charge is 2.00 e. The number of hydrogen-bond acceptors (Lipinski definition) is 1. The summed E-state index contributed by atoms with van der Waals surface area (Å²) in [4.78, 5) is 13.5. The van der Waals surface area contributed by atoms with Crippen LogP contribution in [-0.2, 0) is 51.8 Å². The molecule has 4 fully saturated rings. The van der Waals surface area contributed by atoms with Crippen molar-refractivity contribution in [1.29, 1.82) is 0 Å². The van der Waals surface area contributed by atoms with E-state index >= 15 is 0 Å². The summed E-state index contributed by atoms with van der Waals surface area (Å²) < 4.78 is 0. The van der Waals surface area contributed by atoms with Crippen molar-refractivity contribution < 1.29 is 38.9 Å². The van der Waals surface area contributed by atoms with Crippen molar-refractivity contribution in [3.05, 3.63) is 199 Å². The average molecular weight is 606 g/mol. The van der Waals surface area contributed by atoms with Gasteiger partial charge in [-0.1, -0.05) is 60.7 Å². The molecule has 200 valence electrons. The van der Waals surface area contributed by atoms with Crippen LogP contribution >= 0.6 is 0 Å². The summed E-state index contributed by atoms with van der Waals surface area (Å²) in [6, 6.07) is 20.5. The van der Waals surface area contributed by atoms with Gasteiger partial charge in [-0.25, -0.2) is 0 Å². The van der Waals surface area contributed by atoms with Crippen molar-refractivity contribution in [1.82, 2.24) is 0 Å². The third kappa shape index (κ3) is 12.2. The molecule has 0 aromatic heterocycles. The first-order valence-corrected chi connectivity index (χ1v) is 13.2. The van der Waals surface area contributed by atoms with Crippen LogP contribution in [0.5, 0.6) is 0 Å². The van der Waals surface area contributed by atoms with Crippen LogP contribution in [-0.4, -0.2) is 5.78 Å². The second kappa shape index (κ2) is 20.9. The molecule has 0 spiro atoms. The second-order valence-corrected chi connectivity index (χ2v) is 9.26. The molecule has 4 aliphatic carbocycles. The molecule has 2 unspecified atom stereocenters. The zero-order valence-corrected chi connectivity index (χ0v) is 24.6. The third-order valence-electron chi connectivity index (χ3n) is 6.54. The zero-order valence-electron chi connectivity index (χ0n) is 22.4. The van der Waals surface area contributed by atoms with Crippen LogP contribution in [0.4, 0.5) is 0 Å². The van der Waals surface area contributed by atoms with Gasteiger partial charge >= 0.3 is 34.1 Å². The fourth-order valence-corrected chi connectivity index (χ4v) is 4.72. The van der Waals surface area contributed by atoms with Crippen molar-refractivity contribution in [2.45, 2.75) is 12.8 Å². The average Bonchev–Trinajstić information content (AvgIpc) is 3.80. The number of benzene rings is 2. The van der Waals surface area contributed by atoms with Crippen LogP contribution in [0.25, 0.3) is 0 Å². The van der Waals surface area contributed by atoms with Gasteiger partial charge in [0.2, 0.25) is 0 Å². The minimum absolute atomic E-state index is 0. The summed E-state index contributed by atoms with van der Waals surface area (Å²) in [5.41, 5.74) is 2.34. The van der Waals surface area contributed by atoms with Crippen LogP contribution < -0.4 is 0 Å². The minimum Gasteiger partial charge on any atom is -0.299 e. The number of carbonyl (C=O) groups excluding carboxylic acids is 1. The maximum absolute atomic E-state index is 13.5. The van der Waals surface area contributed by atoms with E-state index in [1.54, 1.807) is 0 Å². The maximum atomic E-state index is 13.5.